The summed E-state index contributed by atoms with van der Waals surface area (Å²) in [6.07, 6.45) is 15.5. The number of para-hydroxylation sites is 1. The summed E-state index contributed by atoms with van der Waals surface area (Å²) in [5.74, 6) is -9.45. The summed E-state index contributed by atoms with van der Waals surface area (Å²) < 4.78 is 0. The van der Waals surface area contributed by atoms with Crippen LogP contribution in [0.4, 0.5) is 0 Å². The maximum atomic E-state index is 15.2. The number of carbonyl (C=O) groups is 13. The van der Waals surface area contributed by atoms with Gasteiger partial charge in [-0.25, -0.2) is 4.98 Å². The van der Waals surface area contributed by atoms with Gasteiger partial charge >= 0.3 is 0 Å². The number of benzene rings is 1. The van der Waals surface area contributed by atoms with E-state index in [-0.39, 0.29) is 133 Å². The Morgan fingerprint density at radius 1 is 0.622 bits per heavy atom. The van der Waals surface area contributed by atoms with Gasteiger partial charge in [-0.2, -0.15) is 5.26 Å². The Bertz CT molecular complexity index is 4020. The van der Waals surface area contributed by atoms with E-state index < -0.39 is 138 Å². The van der Waals surface area contributed by atoms with Gasteiger partial charge in [0.1, 0.15) is 60.4 Å². The molecule has 6 heterocycles. The topological polar surface area (TPSA) is 534 Å². The third-order valence-corrected chi connectivity index (χ3v) is 18.7. The van der Waals surface area contributed by atoms with Crippen LogP contribution in [0.25, 0.3) is 10.9 Å². The predicted octanol–water partition coefficient (Wildman–Crippen LogP) is -0.655. The number of imidazole rings is 1. The largest absolute Gasteiger partial charge is 0.394 e. The number of amides is 13. The highest BCUT2D eigenvalue weighted by Gasteiger charge is 2.41. The molecule has 0 aliphatic carbocycles. The van der Waals surface area contributed by atoms with Crippen LogP contribution < -0.4 is 74.9 Å². The number of rotatable bonds is 45. The van der Waals surface area contributed by atoms with Gasteiger partial charge in [-0.1, -0.05) is 45.4 Å². The number of aromatic amines is 2. The number of likely N-dealkylation sites (tertiary alicyclic amines) is 1. The molecule has 13 amide bonds. The zero-order chi connectivity index (χ0) is 80.2. The van der Waals surface area contributed by atoms with Gasteiger partial charge < -0.3 is 89.5 Å². The van der Waals surface area contributed by atoms with Crippen molar-refractivity contribution in [3.63, 3.8) is 0 Å². The number of H-pyrrole nitrogens is 2. The summed E-state index contributed by atoms with van der Waals surface area (Å²) in [5.41, 5.74) is 7.71. The van der Waals surface area contributed by atoms with Gasteiger partial charge in [0.25, 0.3) is 11.8 Å². The summed E-state index contributed by atoms with van der Waals surface area (Å²) in [5, 5.41) is 56.5. The second-order valence-electron chi connectivity index (χ2n) is 27.8. The molecule has 10 atom stereocenters. The summed E-state index contributed by atoms with van der Waals surface area (Å²) in [4.78, 5) is 206. The van der Waals surface area contributed by atoms with Crippen molar-refractivity contribution in [3.05, 3.63) is 114 Å². The minimum Gasteiger partial charge on any atom is -0.394 e. The first kappa shape index (κ1) is 86.3. The third kappa shape index (κ3) is 27.9. The first-order valence-corrected chi connectivity index (χ1v) is 37.7. The van der Waals surface area contributed by atoms with Gasteiger partial charge in [-0.05, 0) is 139 Å². The highest BCUT2D eigenvalue weighted by atomic mass is 16.3. The Labute approximate surface area is 642 Å². The van der Waals surface area contributed by atoms with Gasteiger partial charge in [0, 0.05) is 106 Å². The number of nitrogens with one attached hydrogen (secondary N) is 15. The Balaban J connectivity index is 1.16. The van der Waals surface area contributed by atoms with E-state index in [0.717, 1.165) is 12.8 Å². The molecule has 598 valence electrons. The van der Waals surface area contributed by atoms with Crippen molar-refractivity contribution in [2.45, 2.75) is 204 Å². The number of nitrogens with zero attached hydrogens (tertiary/aromatic N) is 6. The number of aliphatic hydroxyl groups is 1. The number of carbonyl (C=O) groups excluding carboxylic acids is 13. The molecule has 36 heteroatoms. The van der Waals surface area contributed by atoms with E-state index in [9.17, 15) is 63.1 Å². The first-order chi connectivity index (χ1) is 53.5. The Kier molecular flexibility index (Phi) is 35.1. The number of nitrogens with two attached hydrogens (primary N) is 1. The van der Waals surface area contributed by atoms with E-state index in [1.54, 1.807) is 68.6 Å². The van der Waals surface area contributed by atoms with Gasteiger partial charge in [0.05, 0.1) is 24.1 Å². The fourth-order valence-electron chi connectivity index (χ4n) is 12.6. The molecule has 18 N–H and O–H groups in total. The quantitative estimate of drug-likeness (QED) is 0.00757. The summed E-state index contributed by atoms with van der Waals surface area (Å²) in [7, 11) is 0. The number of fused-ring (bicyclic) bond motifs is 1. The molecule has 36 nitrogen and oxygen atoms in total. The molecule has 0 saturated carbocycles. The van der Waals surface area contributed by atoms with Crippen LogP contribution in [0.5, 0.6) is 0 Å². The summed E-state index contributed by atoms with van der Waals surface area (Å²) in [6, 6.07) is 0.0486. The fraction of sp³-hybridized carbons (Fsp3) is 0.520. The van der Waals surface area contributed by atoms with Gasteiger partial charge in [-0.15, -0.1) is 0 Å². The molecule has 5 aromatic rings. The molecular formula is C75H104N22O14. The lowest BCUT2D eigenvalue weighted by Crippen LogP contribution is -2.61. The zero-order valence-electron chi connectivity index (χ0n) is 63.0. The zero-order valence-corrected chi connectivity index (χ0v) is 63.0. The minimum atomic E-state index is -1.82. The lowest BCUT2D eigenvalue weighted by molar-refractivity contribution is -0.142. The summed E-state index contributed by atoms with van der Waals surface area (Å²) in [6.45, 7) is 7.04. The van der Waals surface area contributed by atoms with E-state index in [1.165, 1.54) is 49.1 Å². The molecule has 1 aromatic carbocycles. The van der Waals surface area contributed by atoms with E-state index in [1.807, 2.05) is 13.1 Å². The average molecular weight is 1540 g/mol. The number of pyridine rings is 2. The van der Waals surface area contributed by atoms with Crippen LogP contribution in [0.2, 0.25) is 0 Å². The maximum absolute atomic E-state index is 15.2. The van der Waals surface area contributed by atoms with Crippen molar-refractivity contribution in [3.8, 4) is 6.19 Å². The van der Waals surface area contributed by atoms with Crippen LogP contribution in [-0.2, 0) is 65.6 Å². The van der Waals surface area contributed by atoms with Gasteiger partial charge in [-0.3, -0.25) is 82.6 Å². The van der Waals surface area contributed by atoms with Gasteiger partial charge in [0.2, 0.25) is 70.9 Å². The van der Waals surface area contributed by atoms with Crippen molar-refractivity contribution < 1.29 is 67.4 Å². The Hall–Kier alpha value is -11.9. The number of guanidine groups is 1. The number of hydrogen-bond acceptors (Lipinski definition) is 19. The van der Waals surface area contributed by atoms with Crippen LogP contribution in [0, 0.1) is 17.4 Å². The van der Waals surface area contributed by atoms with Crippen LogP contribution in [0.1, 0.15) is 162 Å². The fourth-order valence-corrected chi connectivity index (χ4v) is 12.6. The number of nitriles is 1. The molecule has 7 rings (SSSR count). The van der Waals surface area contributed by atoms with Gasteiger partial charge in [0.15, 0.2) is 6.19 Å². The van der Waals surface area contributed by atoms with E-state index >= 15 is 9.59 Å². The molecule has 2 fully saturated rings. The van der Waals surface area contributed by atoms with Crippen LogP contribution in [0.3, 0.4) is 0 Å². The highest BCUT2D eigenvalue weighted by molar-refractivity contribution is 6.00. The monoisotopic (exact) mass is 1540 g/mol. The number of aliphatic imine (C=N–C) groups is 1. The van der Waals surface area contributed by atoms with Crippen molar-refractivity contribution in [2.24, 2.45) is 16.6 Å². The summed E-state index contributed by atoms with van der Waals surface area (Å²) >= 11 is 0. The Morgan fingerprint density at radius 2 is 1.19 bits per heavy atom. The molecule has 2 aliphatic heterocycles. The van der Waals surface area contributed by atoms with Crippen LogP contribution in [-0.4, -0.2) is 217 Å². The molecule has 111 heavy (non-hydrogen) atoms. The normalized spacial score (nSPS) is 16.1. The van der Waals surface area contributed by atoms with Crippen molar-refractivity contribution in [2.75, 3.05) is 39.3 Å². The molecule has 0 spiro atoms. The lowest BCUT2D eigenvalue weighted by Gasteiger charge is -2.31. The van der Waals surface area contributed by atoms with Crippen LogP contribution >= 0.6 is 0 Å². The van der Waals surface area contributed by atoms with E-state index in [4.69, 9.17) is 5.73 Å². The predicted molar refractivity (Wildman–Crippen MR) is 406 cm³/mol. The number of primary amides is 1. The molecule has 0 bridgehead atoms. The lowest BCUT2D eigenvalue weighted by atomic mass is 10.00. The molecule has 0 unspecified atom stereocenters. The SMILES string of the molecule is CCCCNC(=NCCCC[C@H](NC(=O)[C@H](CC(C)C)NC(=O)[C@@H](CCCCNC(=O)c1cccnc1)NC(=O)[C@H](CCCCNC(=O)c1cccnc1)NC(=O)[C@H](CO)NC(=O)[C@H](Cc1c[nH]c2ccccc12)NC(=O)[C@H](Cc1cnc[nH]1)NC(=O)[C@@H]1CCC(=O)N1)C(=O)N1CCC[C@H]1C(=O)N[C@H](C)C(N)=O)NC#N. The first-order valence-electron chi connectivity index (χ1n) is 37.7. The molecule has 2 aliphatic rings. The minimum absolute atomic E-state index is 0.00603. The van der Waals surface area contributed by atoms with E-state index in [0.29, 0.717) is 53.5 Å². The second kappa shape index (κ2) is 45.2. The molecular weight excluding hydrogens is 1430 g/mol. The average Bonchev–Trinajstić information content (AvgIpc) is 1.73. The maximum Gasteiger partial charge on any atom is 0.252 e. The van der Waals surface area contributed by atoms with E-state index in [2.05, 4.69) is 99.0 Å². The standard InChI is InChI=1S/C75H104N22O14/c1-5-6-30-83-75(86-43-76)84-33-14-11-24-56(74(111)97-34-17-25-61(97)73(110)88-46(4)63(77)100)92-69(106)57(35-45(2)3)93-67(104)54(23-10-13-32-82-65(102)48-19-16-29-79-39-48)90-66(103)53(22-9-12-31-81-64(101)47-18-15-28-78-38-47)91-72(109)60(42-98)96-70(107)58(36-49-40-85-52-21-8-7-20-51(49)52)94-71(108)59(37-50-41-80-44-87-50)95-68(105)55-26-27-62(99)89-55/h7-8,15-16,18-21,28-29,38-41,44-46,53-61,85,98H,5-6,9-14,17,22-27,30-37,42H2,1-4H3,(H2,77,100)(H,80,87)(H,81,101)(H,82,102)(H,88,110)(H,89,99)(H,90,103)(H,91,109)(H,92,106)(H,93,104)(H,94,108)(H,95,105)(H,96,107)(H2,83,84,86)/t46-,53+,54-,55+,56+,57+,58+,59+,60+,61+/m1/s1. The smallest absolute Gasteiger partial charge is 0.252 e. The van der Waals surface area contributed by atoms with Crippen molar-refractivity contribution in [1.82, 2.24) is 98.9 Å². The number of unbranched alkanes of at least 4 members (excludes halogenated alkanes) is 4. The van der Waals surface area contributed by atoms with Crippen LogP contribution in [0.15, 0.2) is 97.0 Å². The number of aliphatic hydroxyl groups excluding tert-OH is 1. The third-order valence-electron chi connectivity index (χ3n) is 18.7. The molecule has 4 aromatic heterocycles. The molecule has 2 saturated heterocycles. The molecule has 0 radical (unpaired) electrons. The van der Waals surface area contributed by atoms with Crippen molar-refractivity contribution >= 4 is 93.7 Å². The second-order valence-corrected chi connectivity index (χ2v) is 27.8. The Morgan fingerprint density at radius 3 is 1.77 bits per heavy atom. The number of hydrogen-bond donors (Lipinski definition) is 17. The number of aromatic nitrogens is 5. The van der Waals surface area contributed by atoms with Crippen molar-refractivity contribution in [1.29, 1.82) is 5.26 Å². The highest BCUT2D eigenvalue weighted by Crippen LogP contribution is 2.23.